The van der Waals surface area contributed by atoms with Gasteiger partial charge < -0.3 is 25.3 Å². The van der Waals surface area contributed by atoms with E-state index < -0.39 is 48.3 Å². The van der Waals surface area contributed by atoms with Crippen molar-refractivity contribution >= 4 is 64.0 Å². The van der Waals surface area contributed by atoms with Crippen molar-refractivity contribution in [2.24, 2.45) is 5.73 Å². The number of alkyl carbamates (subject to hydrolysis) is 1. The number of halogens is 2. The average Bonchev–Trinajstić information content (AvgIpc) is 3.37. The van der Waals surface area contributed by atoms with Crippen molar-refractivity contribution in [3.05, 3.63) is 50.9 Å². The summed E-state index contributed by atoms with van der Waals surface area (Å²) < 4.78 is 30.1. The number of amides is 4. The quantitative estimate of drug-likeness (QED) is 0.242. The van der Waals surface area contributed by atoms with Crippen LogP contribution in [-0.4, -0.2) is 42.4 Å². The monoisotopic (exact) mass is 539 g/mol. The highest BCUT2D eigenvalue weighted by atomic mass is 35.5. The molecule has 10 nitrogen and oxygen atoms in total. The van der Waals surface area contributed by atoms with E-state index in [2.05, 4.69) is 5.32 Å². The van der Waals surface area contributed by atoms with Crippen molar-refractivity contribution in [1.29, 1.82) is 0 Å². The number of nitrogens with zero attached hydrogens (tertiary/aromatic N) is 1. The number of imide groups is 1. The van der Waals surface area contributed by atoms with E-state index in [-0.39, 0.29) is 27.6 Å². The minimum atomic E-state index is -1.10. The number of primary amides is 1. The van der Waals surface area contributed by atoms with Crippen LogP contribution in [0.2, 0.25) is 5.02 Å². The highest BCUT2D eigenvalue weighted by molar-refractivity contribution is 7.11. The smallest absolute Gasteiger partial charge is 0.408 e. The highest BCUT2D eigenvalue weighted by Crippen LogP contribution is 2.43. The molecule has 3 rings (SSSR count). The molecule has 2 heterocycles. The third kappa shape index (κ3) is 5.94. The van der Waals surface area contributed by atoms with Gasteiger partial charge >= 0.3 is 18.1 Å². The number of esters is 1. The molecule has 0 bridgehead atoms. The van der Waals surface area contributed by atoms with E-state index in [9.17, 15) is 23.6 Å². The number of rotatable bonds is 6. The van der Waals surface area contributed by atoms with Gasteiger partial charge in [-0.15, -0.1) is 11.3 Å². The summed E-state index contributed by atoms with van der Waals surface area (Å²) >= 11 is 7.04. The van der Waals surface area contributed by atoms with Crippen LogP contribution in [0.4, 0.5) is 19.7 Å². The molecule has 2 aromatic rings. The molecule has 0 saturated heterocycles. The number of hydrogen-bond donors (Lipinski definition) is 2. The molecule has 0 spiro atoms. The maximum atomic E-state index is 14.3. The lowest BCUT2D eigenvalue weighted by Gasteiger charge is -2.21. The fourth-order valence-corrected chi connectivity index (χ4v) is 4.07. The van der Waals surface area contributed by atoms with Crippen molar-refractivity contribution < 1.29 is 37.8 Å². The summed E-state index contributed by atoms with van der Waals surface area (Å²) in [5.74, 6) is -2.60. The summed E-state index contributed by atoms with van der Waals surface area (Å²) in [5, 5.41) is 3.73. The number of ether oxygens (including phenoxy) is 3. The molecule has 1 atom stereocenters. The Morgan fingerprint density at radius 2 is 1.94 bits per heavy atom. The van der Waals surface area contributed by atoms with Crippen molar-refractivity contribution in [1.82, 2.24) is 5.32 Å². The van der Waals surface area contributed by atoms with Crippen LogP contribution in [0, 0.1) is 5.82 Å². The van der Waals surface area contributed by atoms with Crippen LogP contribution < -0.4 is 16.0 Å². The van der Waals surface area contributed by atoms with Gasteiger partial charge in [-0.25, -0.2) is 23.7 Å². The van der Waals surface area contributed by atoms with E-state index in [0.717, 1.165) is 12.1 Å². The first kappa shape index (κ1) is 27.0. The van der Waals surface area contributed by atoms with E-state index >= 15 is 0 Å². The Bertz CT molecular complexity index is 1240. The predicted octanol–water partition coefficient (Wildman–Crippen LogP) is 4.26. The second-order valence-electron chi connectivity index (χ2n) is 8.54. The van der Waals surface area contributed by atoms with Gasteiger partial charge in [-0.05, 0) is 51.3 Å². The second-order valence-corrected chi connectivity index (χ2v) is 9.89. The normalized spacial score (nSPS) is 15.2. The first-order valence-corrected chi connectivity index (χ1v) is 11.8. The molecule has 0 saturated carbocycles. The van der Waals surface area contributed by atoms with Gasteiger partial charge in [0.2, 0.25) is 6.79 Å². The van der Waals surface area contributed by atoms with E-state index in [0.29, 0.717) is 9.78 Å². The number of anilines is 1. The Kier molecular flexibility index (Phi) is 7.89. The first-order chi connectivity index (χ1) is 16.8. The minimum Gasteiger partial charge on any atom is -0.455 e. The molecule has 1 aromatic carbocycles. The van der Waals surface area contributed by atoms with Crippen molar-refractivity contribution in [2.75, 3.05) is 11.7 Å². The third-order valence-corrected chi connectivity index (χ3v) is 5.81. The zero-order chi connectivity index (χ0) is 26.8. The van der Waals surface area contributed by atoms with Gasteiger partial charge in [0.1, 0.15) is 17.5 Å². The summed E-state index contributed by atoms with van der Waals surface area (Å²) in [6.07, 6.45) is -0.811. The number of nitrogens with two attached hydrogens (primary N) is 1. The molecule has 1 aliphatic heterocycles. The SMILES string of the molecule is C[C@H](NC(=O)OC(C)(C)C)C(=O)OCO/C(=C1/C(=O)N(C(N)=O)c2cc(Cl)c(F)cc21)c1cccs1. The molecule has 1 aliphatic rings. The Morgan fingerprint density at radius 1 is 1.25 bits per heavy atom. The summed E-state index contributed by atoms with van der Waals surface area (Å²) in [6.45, 7) is 5.74. The molecule has 1 aromatic heterocycles. The van der Waals surface area contributed by atoms with Crippen LogP contribution in [0.1, 0.15) is 38.1 Å². The van der Waals surface area contributed by atoms with Crippen LogP contribution >= 0.6 is 22.9 Å². The maximum absolute atomic E-state index is 14.3. The van der Waals surface area contributed by atoms with E-state index in [1.807, 2.05) is 0 Å². The minimum absolute atomic E-state index is 0.0151. The number of hydrogen-bond acceptors (Lipinski definition) is 8. The lowest BCUT2D eigenvalue weighted by Crippen LogP contribution is -2.42. The molecule has 3 N–H and O–H groups in total. The molecule has 0 fully saturated rings. The van der Waals surface area contributed by atoms with Crippen LogP contribution in [0.15, 0.2) is 29.6 Å². The molecule has 4 amide bonds. The van der Waals surface area contributed by atoms with Crippen LogP contribution in [0.25, 0.3) is 11.3 Å². The molecule has 0 aliphatic carbocycles. The molecular weight excluding hydrogens is 517 g/mol. The van der Waals surface area contributed by atoms with Gasteiger partial charge in [0, 0.05) is 5.56 Å². The number of carbonyl (C=O) groups excluding carboxylic acids is 4. The van der Waals surface area contributed by atoms with Gasteiger partial charge in [-0.3, -0.25) is 4.79 Å². The standard InChI is InChI=1S/C23H23ClFN3O7S/c1-11(27-22(32)35-23(2,3)4)20(30)34-10-33-18(16-6-5-7-36-16)17-12-8-14(25)13(24)9-15(12)28(19(17)29)21(26)31/h5-9,11H,10H2,1-4H3,(H2,26,31)(H,27,32)/b18-17+/t11-/m0/s1. The lowest BCUT2D eigenvalue weighted by atomic mass is 10.0. The van der Waals surface area contributed by atoms with Crippen molar-refractivity contribution in [2.45, 2.75) is 39.3 Å². The van der Waals surface area contributed by atoms with E-state index in [4.69, 9.17) is 31.5 Å². The lowest BCUT2D eigenvalue weighted by molar-refractivity contribution is -0.153. The van der Waals surface area contributed by atoms with Gasteiger partial charge in [-0.2, -0.15) is 0 Å². The molecule has 192 valence electrons. The largest absolute Gasteiger partial charge is 0.455 e. The predicted molar refractivity (Wildman–Crippen MR) is 130 cm³/mol. The summed E-state index contributed by atoms with van der Waals surface area (Å²) in [6, 6.07) is 3.22. The number of urea groups is 1. The zero-order valence-corrected chi connectivity index (χ0v) is 21.3. The van der Waals surface area contributed by atoms with Gasteiger partial charge in [0.05, 0.1) is 21.2 Å². The fraction of sp³-hybridized carbons (Fsp3) is 0.304. The molecule has 0 radical (unpaired) electrons. The summed E-state index contributed by atoms with van der Waals surface area (Å²) in [7, 11) is 0. The highest BCUT2D eigenvalue weighted by Gasteiger charge is 2.40. The van der Waals surface area contributed by atoms with E-state index in [1.165, 1.54) is 18.3 Å². The number of nitrogens with one attached hydrogen (secondary N) is 1. The number of thiophene rings is 1. The fourth-order valence-electron chi connectivity index (χ4n) is 3.19. The molecular formula is C23H23ClFN3O7S. The average molecular weight is 540 g/mol. The Labute approximate surface area is 214 Å². The van der Waals surface area contributed by atoms with Crippen molar-refractivity contribution in [3.8, 4) is 0 Å². The Morgan fingerprint density at radius 3 is 2.53 bits per heavy atom. The van der Waals surface area contributed by atoms with Crippen LogP contribution in [0.5, 0.6) is 0 Å². The number of benzene rings is 1. The van der Waals surface area contributed by atoms with Gasteiger partial charge in [0.25, 0.3) is 5.91 Å². The maximum Gasteiger partial charge on any atom is 0.408 e. The number of carbonyl (C=O) groups is 4. The molecule has 36 heavy (non-hydrogen) atoms. The van der Waals surface area contributed by atoms with Gasteiger partial charge in [0.15, 0.2) is 5.76 Å². The summed E-state index contributed by atoms with van der Waals surface area (Å²) in [4.78, 5) is 50.4. The van der Waals surface area contributed by atoms with Crippen LogP contribution in [0.3, 0.4) is 0 Å². The Balaban J connectivity index is 1.86. The molecule has 13 heteroatoms. The first-order valence-electron chi connectivity index (χ1n) is 10.5. The van der Waals surface area contributed by atoms with E-state index in [1.54, 1.807) is 38.3 Å². The molecule has 0 unspecified atom stereocenters. The third-order valence-electron chi connectivity index (χ3n) is 4.65. The number of fused-ring (bicyclic) bond motifs is 1. The second kappa shape index (κ2) is 10.5. The van der Waals surface area contributed by atoms with Crippen LogP contribution in [-0.2, 0) is 23.8 Å². The summed E-state index contributed by atoms with van der Waals surface area (Å²) in [5.41, 5.74) is 4.46. The zero-order valence-electron chi connectivity index (χ0n) is 19.7. The Hall–Kier alpha value is -3.64. The topological polar surface area (TPSA) is 137 Å². The van der Waals surface area contributed by atoms with Gasteiger partial charge in [-0.1, -0.05) is 17.7 Å². The van der Waals surface area contributed by atoms with Crippen molar-refractivity contribution in [3.63, 3.8) is 0 Å².